The van der Waals surface area contributed by atoms with E-state index in [1.54, 1.807) is 7.05 Å². The fourth-order valence-corrected chi connectivity index (χ4v) is 1.86. The van der Waals surface area contributed by atoms with Gasteiger partial charge >= 0.3 is 0 Å². The third-order valence-electron chi connectivity index (χ3n) is 3.32. The molecule has 0 aliphatic carbocycles. The molecule has 1 rings (SSSR count). The van der Waals surface area contributed by atoms with Crippen LogP contribution in [-0.4, -0.2) is 63.9 Å². The molecule has 0 saturated carbocycles. The lowest BCUT2D eigenvalue weighted by Crippen LogP contribution is -2.38. The fraction of sp³-hybridized carbons (Fsp3) is 0.944. The molecule has 0 radical (unpaired) electrons. The number of amides is 1. The Morgan fingerprint density at radius 3 is 2.22 bits per heavy atom. The van der Waals surface area contributed by atoms with Gasteiger partial charge in [-0.25, -0.2) is 0 Å². The first-order valence-corrected chi connectivity index (χ1v) is 9.21. The van der Waals surface area contributed by atoms with Crippen molar-refractivity contribution in [3.05, 3.63) is 0 Å². The van der Waals surface area contributed by atoms with Crippen molar-refractivity contribution in [3.63, 3.8) is 0 Å². The van der Waals surface area contributed by atoms with E-state index in [9.17, 15) is 4.79 Å². The highest BCUT2D eigenvalue weighted by molar-refractivity contribution is 5.77. The fourth-order valence-electron chi connectivity index (χ4n) is 1.86. The van der Waals surface area contributed by atoms with Crippen molar-refractivity contribution in [2.45, 2.75) is 53.9 Å². The van der Waals surface area contributed by atoms with Gasteiger partial charge in [-0.05, 0) is 6.42 Å². The summed E-state index contributed by atoms with van der Waals surface area (Å²) in [5.74, 6) is 0.213. The molecule has 0 bridgehead atoms. The van der Waals surface area contributed by atoms with E-state index in [-0.39, 0.29) is 11.8 Å². The van der Waals surface area contributed by atoms with E-state index in [0.717, 1.165) is 46.1 Å². The summed E-state index contributed by atoms with van der Waals surface area (Å²) in [6, 6.07) is 0. The van der Waals surface area contributed by atoms with Crippen molar-refractivity contribution >= 4 is 5.91 Å². The largest absolute Gasteiger partial charge is 0.380 e. The zero-order valence-electron chi connectivity index (χ0n) is 16.3. The smallest absolute Gasteiger partial charge is 0.222 e. The second-order valence-corrected chi connectivity index (χ2v) is 5.54. The van der Waals surface area contributed by atoms with E-state index in [0.29, 0.717) is 0 Å². The molecule has 23 heavy (non-hydrogen) atoms. The summed E-state index contributed by atoms with van der Waals surface area (Å²) < 4.78 is 10.8. The van der Waals surface area contributed by atoms with Gasteiger partial charge in [-0.15, -0.1) is 0 Å². The van der Waals surface area contributed by atoms with Gasteiger partial charge in [0.05, 0.1) is 19.8 Å². The molecular formula is C18H40N2O3. The molecule has 140 valence electrons. The summed E-state index contributed by atoms with van der Waals surface area (Å²) in [6.07, 6.45) is 3.77. The number of carbonyl (C=O) groups excluding carboxylic acids is 1. The van der Waals surface area contributed by atoms with Crippen LogP contribution in [0.5, 0.6) is 0 Å². The van der Waals surface area contributed by atoms with Gasteiger partial charge < -0.3 is 14.8 Å². The van der Waals surface area contributed by atoms with Gasteiger partial charge in [-0.2, -0.15) is 0 Å². The van der Waals surface area contributed by atoms with Crippen LogP contribution in [0.4, 0.5) is 0 Å². The molecule has 0 unspecified atom stereocenters. The predicted octanol–water partition coefficient (Wildman–Crippen LogP) is 2.94. The van der Waals surface area contributed by atoms with Gasteiger partial charge in [0.1, 0.15) is 0 Å². The van der Waals surface area contributed by atoms with Crippen LogP contribution in [0.25, 0.3) is 0 Å². The quantitative estimate of drug-likeness (QED) is 0.694. The van der Waals surface area contributed by atoms with Crippen LogP contribution in [0.2, 0.25) is 0 Å². The molecule has 1 aliphatic rings. The van der Waals surface area contributed by atoms with E-state index >= 15 is 0 Å². The van der Waals surface area contributed by atoms with Crippen molar-refractivity contribution in [2.75, 3.05) is 53.1 Å². The highest BCUT2D eigenvalue weighted by Gasteiger charge is 2.08. The van der Waals surface area contributed by atoms with Gasteiger partial charge in [-0.1, -0.05) is 47.5 Å². The molecule has 1 N–H and O–H groups in total. The third kappa shape index (κ3) is 17.5. The minimum Gasteiger partial charge on any atom is -0.380 e. The first kappa shape index (κ1) is 24.6. The topological polar surface area (TPSA) is 50.8 Å². The van der Waals surface area contributed by atoms with Gasteiger partial charge in [0, 0.05) is 39.2 Å². The molecule has 1 aliphatic heterocycles. The Morgan fingerprint density at radius 1 is 1.17 bits per heavy atom. The van der Waals surface area contributed by atoms with E-state index < -0.39 is 0 Å². The molecule has 0 atom stereocenters. The Morgan fingerprint density at radius 2 is 1.78 bits per heavy atom. The summed E-state index contributed by atoms with van der Waals surface area (Å²) in [5, 5.41) is 2.53. The normalized spacial score (nSPS) is 14.4. The minimum atomic E-state index is 0.0972. The van der Waals surface area contributed by atoms with Crippen LogP contribution in [0, 0.1) is 5.92 Å². The first-order chi connectivity index (χ1) is 11.1. The lowest BCUT2D eigenvalue weighted by Gasteiger charge is -2.26. The van der Waals surface area contributed by atoms with E-state index in [2.05, 4.69) is 17.1 Å². The van der Waals surface area contributed by atoms with Crippen LogP contribution < -0.4 is 5.32 Å². The van der Waals surface area contributed by atoms with Crippen LogP contribution in [-0.2, 0) is 14.3 Å². The van der Waals surface area contributed by atoms with Gasteiger partial charge in [-0.3, -0.25) is 9.69 Å². The highest BCUT2D eigenvalue weighted by atomic mass is 16.5. The summed E-state index contributed by atoms with van der Waals surface area (Å²) >= 11 is 0. The number of ether oxygens (including phenoxy) is 2. The first-order valence-electron chi connectivity index (χ1n) is 9.21. The lowest BCUT2D eigenvalue weighted by molar-refractivity contribution is -0.123. The molecule has 1 amide bonds. The molecule has 0 spiro atoms. The molecule has 0 aromatic carbocycles. The maximum Gasteiger partial charge on any atom is 0.222 e. The van der Waals surface area contributed by atoms with Gasteiger partial charge in [0.15, 0.2) is 0 Å². The van der Waals surface area contributed by atoms with Gasteiger partial charge in [0.2, 0.25) is 5.91 Å². The maximum absolute atomic E-state index is 10.4. The Balaban J connectivity index is 0. The molecule has 5 heteroatoms. The number of hydrogen-bond acceptors (Lipinski definition) is 4. The van der Waals surface area contributed by atoms with Crippen LogP contribution in [0.1, 0.15) is 53.9 Å². The predicted molar refractivity (Wildman–Crippen MR) is 97.9 cm³/mol. The number of morpholine rings is 1. The Bertz CT molecular complexity index is 242. The Kier molecular flexibility index (Phi) is 20.7. The number of carbonyl (C=O) groups is 1. The van der Waals surface area contributed by atoms with Crippen molar-refractivity contribution in [1.82, 2.24) is 10.2 Å². The molecule has 0 aromatic rings. The van der Waals surface area contributed by atoms with Crippen molar-refractivity contribution in [1.29, 1.82) is 0 Å². The highest BCUT2D eigenvalue weighted by Crippen LogP contribution is 1.97. The van der Waals surface area contributed by atoms with Crippen molar-refractivity contribution < 1.29 is 14.3 Å². The SMILES string of the molecule is CC.CCCCCOCCN1CCOCC1.CNC(=O)C(C)C. The van der Waals surface area contributed by atoms with Crippen LogP contribution >= 0.6 is 0 Å². The third-order valence-corrected chi connectivity index (χ3v) is 3.32. The second-order valence-electron chi connectivity index (χ2n) is 5.54. The van der Waals surface area contributed by atoms with E-state index in [1.165, 1.54) is 19.3 Å². The van der Waals surface area contributed by atoms with Crippen molar-refractivity contribution in [2.24, 2.45) is 5.92 Å². The molecule has 0 aromatic heterocycles. The molecule has 1 saturated heterocycles. The maximum atomic E-state index is 10.4. The summed E-state index contributed by atoms with van der Waals surface area (Å²) in [7, 11) is 1.64. The lowest BCUT2D eigenvalue weighted by atomic mass is 10.2. The zero-order chi connectivity index (χ0) is 17.9. The molecule has 1 heterocycles. The average molecular weight is 333 g/mol. The van der Waals surface area contributed by atoms with Gasteiger partial charge in [0.25, 0.3) is 0 Å². The molecule has 5 nitrogen and oxygen atoms in total. The Hall–Kier alpha value is -0.650. The number of nitrogens with zero attached hydrogens (tertiary/aromatic N) is 1. The monoisotopic (exact) mass is 332 g/mol. The van der Waals surface area contributed by atoms with E-state index in [1.807, 2.05) is 27.7 Å². The average Bonchev–Trinajstić information content (AvgIpc) is 2.60. The van der Waals surface area contributed by atoms with Crippen LogP contribution in [0.3, 0.4) is 0 Å². The molecule has 1 fully saturated rings. The number of hydrogen-bond donors (Lipinski definition) is 1. The molecular weight excluding hydrogens is 292 g/mol. The van der Waals surface area contributed by atoms with Crippen molar-refractivity contribution in [3.8, 4) is 0 Å². The summed E-state index contributed by atoms with van der Waals surface area (Å²) in [6.45, 7) is 16.7. The van der Waals surface area contributed by atoms with Crippen LogP contribution in [0.15, 0.2) is 0 Å². The Labute approximate surface area is 144 Å². The zero-order valence-corrected chi connectivity index (χ0v) is 16.3. The summed E-state index contributed by atoms with van der Waals surface area (Å²) in [5.41, 5.74) is 0. The summed E-state index contributed by atoms with van der Waals surface area (Å²) in [4.78, 5) is 12.8. The number of nitrogens with one attached hydrogen (secondary N) is 1. The minimum absolute atomic E-state index is 0.0972. The second kappa shape index (κ2) is 19.4. The standard InChI is InChI=1S/C11H23NO2.C5H11NO.C2H6/c1-2-3-4-8-13-9-5-12-6-10-14-11-7-12;1-4(2)5(7)6-3;1-2/h2-11H2,1H3;4H,1-3H3,(H,6,7);1-2H3. The van der Waals surface area contributed by atoms with E-state index in [4.69, 9.17) is 9.47 Å². The number of rotatable bonds is 8. The number of unbranched alkanes of at least 4 members (excludes halogenated alkanes) is 2.